The molecule has 0 fully saturated rings. The molecular weight excluding hydrogens is 368 g/mol. The zero-order chi connectivity index (χ0) is 18.1. The van der Waals surface area contributed by atoms with Gasteiger partial charge in [0.2, 0.25) is 5.89 Å². The van der Waals surface area contributed by atoms with E-state index in [-0.39, 0.29) is 5.56 Å². The summed E-state index contributed by atoms with van der Waals surface area (Å²) in [6.45, 7) is 4.69. The van der Waals surface area contributed by atoms with Crippen molar-refractivity contribution in [2.75, 3.05) is 0 Å². The minimum atomic E-state index is 0.120. The topological polar surface area (TPSA) is 73.8 Å². The minimum Gasteiger partial charge on any atom is -0.338 e. The Morgan fingerprint density at radius 2 is 2.15 bits per heavy atom. The van der Waals surface area contributed by atoms with Gasteiger partial charge in [0.15, 0.2) is 11.0 Å². The van der Waals surface area contributed by atoms with Crippen LogP contribution in [0.3, 0.4) is 0 Å². The molecule has 0 radical (unpaired) electrons. The van der Waals surface area contributed by atoms with Crippen LogP contribution in [0.1, 0.15) is 54.8 Å². The molecule has 3 heterocycles. The van der Waals surface area contributed by atoms with Gasteiger partial charge in [0.05, 0.1) is 11.1 Å². The molecule has 0 aromatic carbocycles. The number of rotatable bonds is 7. The van der Waals surface area contributed by atoms with Crippen molar-refractivity contribution < 1.29 is 4.52 Å². The molecule has 3 aromatic rings. The van der Waals surface area contributed by atoms with Crippen LogP contribution in [0.25, 0.3) is 10.2 Å². The fraction of sp³-hybridized carbons (Fsp3) is 0.556. The van der Waals surface area contributed by atoms with E-state index in [1.165, 1.54) is 22.2 Å². The van der Waals surface area contributed by atoms with E-state index in [1.54, 1.807) is 18.3 Å². The van der Waals surface area contributed by atoms with Gasteiger partial charge in [-0.05, 0) is 38.2 Å². The second-order valence-corrected chi connectivity index (χ2v) is 8.65. The largest absolute Gasteiger partial charge is 0.338 e. The van der Waals surface area contributed by atoms with Crippen LogP contribution in [0.5, 0.6) is 0 Å². The van der Waals surface area contributed by atoms with E-state index < -0.39 is 0 Å². The van der Waals surface area contributed by atoms with E-state index in [0.29, 0.717) is 24.0 Å². The third kappa shape index (κ3) is 3.32. The minimum absolute atomic E-state index is 0.120. The maximum atomic E-state index is 13.2. The van der Waals surface area contributed by atoms with Crippen LogP contribution < -0.4 is 5.56 Å². The maximum absolute atomic E-state index is 13.2. The van der Waals surface area contributed by atoms with Crippen molar-refractivity contribution in [1.29, 1.82) is 0 Å². The Morgan fingerprint density at radius 3 is 2.92 bits per heavy atom. The second kappa shape index (κ2) is 7.52. The van der Waals surface area contributed by atoms with Crippen molar-refractivity contribution in [2.24, 2.45) is 0 Å². The molecule has 0 saturated heterocycles. The van der Waals surface area contributed by atoms with Gasteiger partial charge in [-0.25, -0.2) is 4.98 Å². The molecule has 0 spiro atoms. The molecule has 0 aliphatic heterocycles. The number of fused-ring (bicyclic) bond motifs is 3. The smallest absolute Gasteiger partial charge is 0.263 e. The molecular formula is C18H22N4O2S2. The van der Waals surface area contributed by atoms with Gasteiger partial charge in [-0.2, -0.15) is 4.98 Å². The molecule has 0 saturated carbocycles. The molecule has 3 aromatic heterocycles. The number of thioether (sulfide) groups is 1. The van der Waals surface area contributed by atoms with Crippen LogP contribution in [0, 0.1) is 6.92 Å². The highest BCUT2D eigenvalue weighted by molar-refractivity contribution is 7.98. The summed E-state index contributed by atoms with van der Waals surface area (Å²) in [6, 6.07) is 0. The molecule has 1 aliphatic carbocycles. The zero-order valence-corrected chi connectivity index (χ0v) is 16.7. The normalized spacial score (nSPS) is 13.6. The van der Waals surface area contributed by atoms with E-state index in [2.05, 4.69) is 17.1 Å². The SMILES string of the molecule is CCCCCn1c(SCc2nc(C)no2)nc2sc3c(c2c1=O)CCC3. The summed E-state index contributed by atoms with van der Waals surface area (Å²) in [4.78, 5) is 24.6. The maximum Gasteiger partial charge on any atom is 0.263 e. The molecule has 26 heavy (non-hydrogen) atoms. The quantitative estimate of drug-likeness (QED) is 0.343. The number of thiophene rings is 1. The summed E-state index contributed by atoms with van der Waals surface area (Å²) in [5, 5.41) is 5.44. The predicted molar refractivity (Wildman–Crippen MR) is 104 cm³/mol. The molecule has 0 amide bonds. The summed E-state index contributed by atoms with van der Waals surface area (Å²) in [6.07, 6.45) is 6.47. The van der Waals surface area contributed by atoms with Crippen molar-refractivity contribution in [3.63, 3.8) is 0 Å². The lowest BCUT2D eigenvalue weighted by atomic mass is 10.2. The number of hydrogen-bond acceptors (Lipinski definition) is 7. The summed E-state index contributed by atoms with van der Waals surface area (Å²) >= 11 is 3.19. The molecule has 6 nitrogen and oxygen atoms in total. The second-order valence-electron chi connectivity index (χ2n) is 6.62. The number of aromatic nitrogens is 4. The molecule has 138 valence electrons. The van der Waals surface area contributed by atoms with Crippen LogP contribution in [0.15, 0.2) is 14.5 Å². The van der Waals surface area contributed by atoms with E-state index in [1.807, 2.05) is 4.57 Å². The Bertz CT molecular complexity index is 989. The average molecular weight is 391 g/mol. The average Bonchev–Trinajstić information content (AvgIpc) is 3.31. The Balaban J connectivity index is 1.71. The third-order valence-corrected chi connectivity index (χ3v) is 6.82. The lowest BCUT2D eigenvalue weighted by Crippen LogP contribution is -2.23. The van der Waals surface area contributed by atoms with Crippen LogP contribution in [-0.2, 0) is 25.1 Å². The molecule has 0 unspecified atom stereocenters. The Hall–Kier alpha value is -1.67. The zero-order valence-electron chi connectivity index (χ0n) is 15.1. The van der Waals surface area contributed by atoms with Gasteiger partial charge in [0.25, 0.3) is 5.56 Å². The van der Waals surface area contributed by atoms with Gasteiger partial charge in [-0.3, -0.25) is 9.36 Å². The van der Waals surface area contributed by atoms with Gasteiger partial charge >= 0.3 is 0 Å². The molecule has 0 N–H and O–H groups in total. The van der Waals surface area contributed by atoms with Gasteiger partial charge in [0.1, 0.15) is 4.83 Å². The summed E-state index contributed by atoms with van der Waals surface area (Å²) in [7, 11) is 0. The molecule has 4 rings (SSSR count). The van der Waals surface area contributed by atoms with Crippen molar-refractivity contribution in [1.82, 2.24) is 19.7 Å². The Morgan fingerprint density at radius 1 is 1.27 bits per heavy atom. The first-order chi connectivity index (χ1) is 12.7. The molecule has 1 aliphatic rings. The van der Waals surface area contributed by atoms with Crippen molar-refractivity contribution in [3.05, 3.63) is 32.5 Å². The molecule has 8 heteroatoms. The predicted octanol–water partition coefficient (Wildman–Crippen LogP) is 4.12. The first-order valence-electron chi connectivity index (χ1n) is 9.14. The Kier molecular flexibility index (Phi) is 5.13. The number of aryl methyl sites for hydroxylation is 3. The van der Waals surface area contributed by atoms with Crippen molar-refractivity contribution in [2.45, 2.75) is 69.8 Å². The highest BCUT2D eigenvalue weighted by Crippen LogP contribution is 2.35. The lowest BCUT2D eigenvalue weighted by molar-refractivity contribution is 0.387. The number of hydrogen-bond donors (Lipinski definition) is 0. The van der Waals surface area contributed by atoms with Crippen LogP contribution in [-0.4, -0.2) is 19.7 Å². The van der Waals surface area contributed by atoms with Gasteiger partial charge in [-0.15, -0.1) is 11.3 Å². The fourth-order valence-corrected chi connectivity index (χ4v) is 5.58. The number of unbranched alkanes of at least 4 members (excludes halogenated alkanes) is 2. The third-order valence-electron chi connectivity index (χ3n) is 4.67. The van der Waals surface area contributed by atoms with Crippen molar-refractivity contribution in [3.8, 4) is 0 Å². The van der Waals surface area contributed by atoms with Gasteiger partial charge in [0, 0.05) is 11.4 Å². The first kappa shape index (κ1) is 17.7. The van der Waals surface area contributed by atoms with Gasteiger partial charge < -0.3 is 4.52 Å². The molecule has 0 atom stereocenters. The van der Waals surface area contributed by atoms with Crippen LogP contribution >= 0.6 is 23.1 Å². The van der Waals surface area contributed by atoms with E-state index in [4.69, 9.17) is 9.51 Å². The van der Waals surface area contributed by atoms with E-state index in [0.717, 1.165) is 53.9 Å². The highest BCUT2D eigenvalue weighted by Gasteiger charge is 2.23. The Labute approximate surface area is 160 Å². The van der Waals surface area contributed by atoms with Crippen molar-refractivity contribution >= 4 is 33.3 Å². The summed E-state index contributed by atoms with van der Waals surface area (Å²) in [5.41, 5.74) is 1.37. The fourth-order valence-electron chi connectivity index (χ4n) is 3.41. The highest BCUT2D eigenvalue weighted by atomic mass is 32.2. The monoisotopic (exact) mass is 390 g/mol. The van der Waals surface area contributed by atoms with E-state index >= 15 is 0 Å². The van der Waals surface area contributed by atoms with Crippen LogP contribution in [0.4, 0.5) is 0 Å². The summed E-state index contributed by atoms with van der Waals surface area (Å²) in [5.74, 6) is 1.71. The number of nitrogens with zero attached hydrogens (tertiary/aromatic N) is 4. The first-order valence-corrected chi connectivity index (χ1v) is 10.9. The van der Waals surface area contributed by atoms with Crippen LogP contribution in [0.2, 0.25) is 0 Å². The summed E-state index contributed by atoms with van der Waals surface area (Å²) < 4.78 is 7.06. The van der Waals surface area contributed by atoms with E-state index in [9.17, 15) is 4.79 Å². The van der Waals surface area contributed by atoms with Gasteiger partial charge in [-0.1, -0.05) is 36.7 Å². The molecule has 0 bridgehead atoms. The lowest BCUT2D eigenvalue weighted by Gasteiger charge is -2.11. The standard InChI is InChI=1S/C18H22N4O2S2/c1-3-4-5-9-22-17(23)15-12-7-6-8-13(12)26-16(15)20-18(22)25-10-14-19-11(2)21-24-14/h3-10H2,1-2H3.